The number of carboxylic acids is 1. The van der Waals surface area contributed by atoms with Crippen LogP contribution in [0.1, 0.15) is 20.4 Å². The van der Waals surface area contributed by atoms with Gasteiger partial charge in [-0.1, -0.05) is 23.7 Å². The minimum absolute atomic E-state index is 0.0384. The van der Waals surface area contributed by atoms with Gasteiger partial charge >= 0.3 is 5.97 Å². The molecule has 206 valence electrons. The third-order valence-electron chi connectivity index (χ3n) is 6.84. The molecule has 14 heteroatoms. The Bertz CT molecular complexity index is 1580. The molecular formula is C25H26ClN5O6S2. The Morgan fingerprint density at radius 1 is 1.13 bits per heavy atom. The molecule has 0 radical (unpaired) electrons. The number of amides is 2. The molecule has 2 aromatic carbocycles. The van der Waals surface area contributed by atoms with Crippen LogP contribution in [0.15, 0.2) is 41.3 Å². The molecule has 0 bridgehead atoms. The lowest BCUT2D eigenvalue weighted by atomic mass is 10.1. The summed E-state index contributed by atoms with van der Waals surface area (Å²) in [4.78, 5) is 46.6. The smallest absolute Gasteiger partial charge is 0.322 e. The van der Waals surface area contributed by atoms with Crippen molar-refractivity contribution in [3.8, 4) is 0 Å². The van der Waals surface area contributed by atoms with Crippen LogP contribution in [0, 0.1) is 0 Å². The molecule has 1 unspecified atom stereocenters. The Hall–Kier alpha value is -3.10. The number of thiazole rings is 1. The van der Waals surface area contributed by atoms with Crippen molar-refractivity contribution in [3.05, 3.63) is 57.0 Å². The molecule has 3 heterocycles. The predicted molar refractivity (Wildman–Crippen MR) is 145 cm³/mol. The van der Waals surface area contributed by atoms with E-state index in [0.29, 0.717) is 23.4 Å². The zero-order valence-electron chi connectivity index (χ0n) is 21.0. The van der Waals surface area contributed by atoms with E-state index in [0.717, 1.165) is 26.8 Å². The number of carboxylic acid groups (broad SMARTS) is 1. The highest BCUT2D eigenvalue weighted by Crippen LogP contribution is 2.29. The quantitative estimate of drug-likeness (QED) is 0.441. The van der Waals surface area contributed by atoms with Gasteiger partial charge in [0.25, 0.3) is 5.91 Å². The monoisotopic (exact) mass is 591 g/mol. The molecule has 11 nitrogen and oxygen atoms in total. The molecule has 0 spiro atoms. The summed E-state index contributed by atoms with van der Waals surface area (Å²) in [5.41, 5.74) is 0.854. The Kier molecular flexibility index (Phi) is 7.62. The number of likely N-dealkylation sites (N-methyl/N-ethyl adjacent to an activating group) is 1. The maximum absolute atomic E-state index is 13.6. The van der Waals surface area contributed by atoms with Crippen LogP contribution in [0.4, 0.5) is 0 Å². The van der Waals surface area contributed by atoms with Crippen LogP contribution in [0.5, 0.6) is 0 Å². The van der Waals surface area contributed by atoms with Gasteiger partial charge in [0.1, 0.15) is 12.6 Å². The van der Waals surface area contributed by atoms with Gasteiger partial charge in [-0.05, 0) is 42.1 Å². The van der Waals surface area contributed by atoms with E-state index in [2.05, 4.69) is 15.2 Å². The molecule has 0 saturated carbocycles. The zero-order valence-corrected chi connectivity index (χ0v) is 23.4. The van der Waals surface area contributed by atoms with Crippen LogP contribution in [0.3, 0.4) is 0 Å². The van der Waals surface area contributed by atoms with E-state index in [1.165, 1.54) is 28.4 Å². The van der Waals surface area contributed by atoms with Crippen molar-refractivity contribution in [2.24, 2.45) is 0 Å². The molecule has 2 amide bonds. The number of nitrogens with zero attached hydrogens (tertiary/aromatic N) is 4. The average Bonchev–Trinajstić information content (AvgIpc) is 3.33. The number of rotatable bonds is 6. The van der Waals surface area contributed by atoms with Crippen LogP contribution in [-0.2, 0) is 32.6 Å². The van der Waals surface area contributed by atoms with Gasteiger partial charge in [0, 0.05) is 49.0 Å². The number of carbonyl (C=O) groups excluding carboxylic acids is 2. The predicted octanol–water partition coefficient (Wildman–Crippen LogP) is 1.65. The van der Waals surface area contributed by atoms with Gasteiger partial charge in [-0.15, -0.1) is 11.3 Å². The number of carbonyl (C=O) groups is 3. The molecule has 39 heavy (non-hydrogen) atoms. The van der Waals surface area contributed by atoms with Crippen molar-refractivity contribution < 1.29 is 27.9 Å². The first-order valence-electron chi connectivity index (χ1n) is 12.2. The van der Waals surface area contributed by atoms with Crippen molar-refractivity contribution in [2.75, 3.05) is 39.8 Å². The van der Waals surface area contributed by atoms with E-state index >= 15 is 0 Å². The summed E-state index contributed by atoms with van der Waals surface area (Å²) in [7, 11) is -2.05. The van der Waals surface area contributed by atoms with Gasteiger partial charge in [0.05, 0.1) is 10.6 Å². The number of nitrogens with one attached hydrogen (secondary N) is 1. The van der Waals surface area contributed by atoms with Gasteiger partial charge in [-0.2, -0.15) is 4.31 Å². The van der Waals surface area contributed by atoms with Crippen molar-refractivity contribution in [1.82, 2.24) is 24.4 Å². The molecule has 1 fully saturated rings. The van der Waals surface area contributed by atoms with Gasteiger partial charge in [-0.3, -0.25) is 14.4 Å². The highest BCUT2D eigenvalue weighted by molar-refractivity contribution is 7.89. The maximum Gasteiger partial charge on any atom is 0.322 e. The Morgan fingerprint density at radius 3 is 2.64 bits per heavy atom. The topological polar surface area (TPSA) is 140 Å². The van der Waals surface area contributed by atoms with Crippen LogP contribution < -0.4 is 5.32 Å². The van der Waals surface area contributed by atoms with Crippen molar-refractivity contribution in [2.45, 2.75) is 23.9 Å². The number of hydrogen-bond donors (Lipinski definition) is 2. The van der Waals surface area contributed by atoms with Crippen LogP contribution >= 0.6 is 22.9 Å². The normalized spacial score (nSPS) is 18.6. The molecule has 2 aliphatic rings. The molecule has 3 aromatic rings. The molecule has 0 aliphatic carbocycles. The SMILES string of the molecule is CN1CCc2nc(C(=O)N3CCN(S(=O)(=O)c4ccc5cc(Cl)ccc5c4)CC3C(=O)NCC(=O)O)sc2C1. The highest BCUT2D eigenvalue weighted by Gasteiger charge is 2.41. The first kappa shape index (κ1) is 27.5. The molecule has 2 N–H and O–H groups in total. The standard InChI is InChI=1S/C25H26ClN5O6S2/c1-29-7-6-19-21(14-29)38-24(28-19)25(35)31-9-8-30(13-20(31)23(34)27-12-22(32)33)39(36,37)18-5-3-15-10-17(26)4-2-16(15)11-18/h2-5,10-11,20H,6-9,12-14H2,1H3,(H,27,34)(H,32,33). The summed E-state index contributed by atoms with van der Waals surface area (Å²) in [6, 6.07) is 8.56. The first-order valence-corrected chi connectivity index (χ1v) is 14.8. The van der Waals surface area contributed by atoms with Crippen molar-refractivity contribution in [1.29, 1.82) is 0 Å². The molecule has 2 aliphatic heterocycles. The number of piperazine rings is 1. The Labute approximate surface area is 234 Å². The maximum atomic E-state index is 13.6. The number of hydrogen-bond acceptors (Lipinski definition) is 8. The summed E-state index contributed by atoms with van der Waals surface area (Å²) in [6.45, 7) is 0.413. The first-order chi connectivity index (χ1) is 18.5. The van der Waals surface area contributed by atoms with E-state index in [-0.39, 0.29) is 29.5 Å². The summed E-state index contributed by atoms with van der Waals surface area (Å²) in [5, 5.41) is 13.6. The minimum Gasteiger partial charge on any atom is -0.480 e. The second-order valence-electron chi connectivity index (χ2n) is 9.52. The van der Waals surface area contributed by atoms with E-state index in [1.54, 1.807) is 24.3 Å². The van der Waals surface area contributed by atoms with Gasteiger partial charge in [0.2, 0.25) is 15.9 Å². The third kappa shape index (κ3) is 5.63. The Balaban J connectivity index is 1.42. The fraction of sp³-hybridized carbons (Fsp3) is 0.360. The van der Waals surface area contributed by atoms with Gasteiger partial charge < -0.3 is 20.2 Å². The minimum atomic E-state index is -4.04. The van der Waals surface area contributed by atoms with Crippen LogP contribution in [-0.4, -0.2) is 96.2 Å². The molecule has 1 aromatic heterocycles. The largest absolute Gasteiger partial charge is 0.480 e. The van der Waals surface area contributed by atoms with Crippen LogP contribution in [0.25, 0.3) is 10.8 Å². The average molecular weight is 592 g/mol. The van der Waals surface area contributed by atoms with Gasteiger partial charge in [0.15, 0.2) is 5.01 Å². The zero-order chi connectivity index (χ0) is 27.9. The highest BCUT2D eigenvalue weighted by atomic mass is 35.5. The van der Waals surface area contributed by atoms with Gasteiger partial charge in [-0.25, -0.2) is 13.4 Å². The van der Waals surface area contributed by atoms with E-state index in [1.807, 2.05) is 7.05 Å². The molecule has 1 atom stereocenters. The Morgan fingerprint density at radius 2 is 1.87 bits per heavy atom. The summed E-state index contributed by atoms with van der Waals surface area (Å²) < 4.78 is 28.3. The second-order valence-corrected chi connectivity index (χ2v) is 13.0. The number of aliphatic carboxylic acids is 1. The number of halogens is 1. The fourth-order valence-electron chi connectivity index (χ4n) is 4.77. The lowest BCUT2D eigenvalue weighted by Crippen LogP contribution is -2.61. The molecule has 5 rings (SSSR count). The summed E-state index contributed by atoms with van der Waals surface area (Å²) in [6.07, 6.45) is 0.710. The third-order valence-corrected chi connectivity index (χ3v) is 10.0. The molecular weight excluding hydrogens is 566 g/mol. The van der Waals surface area contributed by atoms with E-state index < -0.39 is 40.4 Å². The van der Waals surface area contributed by atoms with Crippen molar-refractivity contribution >= 4 is 61.5 Å². The fourth-order valence-corrected chi connectivity index (χ4v) is 7.56. The second kappa shape index (κ2) is 10.8. The van der Waals surface area contributed by atoms with Crippen LogP contribution in [0.2, 0.25) is 5.02 Å². The summed E-state index contributed by atoms with van der Waals surface area (Å²) in [5.74, 6) is -2.48. The number of sulfonamides is 1. The molecule has 1 saturated heterocycles. The van der Waals surface area contributed by atoms with Crippen molar-refractivity contribution in [3.63, 3.8) is 0 Å². The number of aromatic nitrogens is 1. The van der Waals surface area contributed by atoms with E-state index in [9.17, 15) is 22.8 Å². The number of benzene rings is 2. The van der Waals surface area contributed by atoms with E-state index in [4.69, 9.17) is 16.7 Å². The lowest BCUT2D eigenvalue weighted by Gasteiger charge is -2.39. The lowest BCUT2D eigenvalue weighted by molar-refractivity contribution is -0.138. The summed E-state index contributed by atoms with van der Waals surface area (Å²) >= 11 is 7.31. The number of fused-ring (bicyclic) bond motifs is 2.